The maximum absolute atomic E-state index is 6.79. The first-order valence-corrected chi connectivity index (χ1v) is 19.2. The number of aryl methyl sites for hydroxylation is 2. The van der Waals surface area contributed by atoms with Crippen LogP contribution in [0.25, 0.3) is 5.32 Å². The van der Waals surface area contributed by atoms with E-state index in [1.807, 2.05) is 0 Å². The molecule has 0 spiro atoms. The molecule has 0 aromatic heterocycles. The molecule has 2 aromatic rings. The molecular formula is C32H52Br2CoN3. The van der Waals surface area contributed by atoms with Crippen LogP contribution in [0.15, 0.2) is 24.3 Å². The summed E-state index contributed by atoms with van der Waals surface area (Å²) in [5, 5.41) is 4.88. The molecule has 0 aliphatic rings. The zero-order valence-corrected chi connectivity index (χ0v) is 29.5. The van der Waals surface area contributed by atoms with Crippen molar-refractivity contribution in [3.63, 3.8) is 0 Å². The van der Waals surface area contributed by atoms with E-state index in [-0.39, 0.29) is 12.1 Å². The number of benzene rings is 2. The van der Waals surface area contributed by atoms with Crippen molar-refractivity contribution in [3.8, 4) is 0 Å². The van der Waals surface area contributed by atoms with Gasteiger partial charge in [0.2, 0.25) is 0 Å². The molecule has 0 amide bonds. The molecule has 0 aliphatic carbocycles. The molecule has 4 N–H and O–H groups in total. The molecule has 0 bridgehead atoms. The summed E-state index contributed by atoms with van der Waals surface area (Å²) in [5.74, 6) is 1.85. The summed E-state index contributed by atoms with van der Waals surface area (Å²) in [5.41, 5.74) is 24.5. The molecular weight excluding hydrogens is 645 g/mol. The molecule has 2 unspecified atom stereocenters. The van der Waals surface area contributed by atoms with Gasteiger partial charge in [-0.1, -0.05) is 104 Å². The minimum atomic E-state index is 0.0139. The molecule has 2 aromatic carbocycles. The molecule has 2 atom stereocenters. The van der Waals surface area contributed by atoms with Crippen LogP contribution >= 0.6 is 28.3 Å². The first-order chi connectivity index (χ1) is 17.8. The van der Waals surface area contributed by atoms with Gasteiger partial charge >= 0.3 is 39.5 Å². The van der Waals surface area contributed by atoms with E-state index in [4.69, 9.17) is 16.8 Å². The van der Waals surface area contributed by atoms with Gasteiger partial charge in [0.25, 0.3) is 0 Å². The summed E-state index contributed by atoms with van der Waals surface area (Å²) in [6, 6.07) is 9.31. The Labute approximate surface area is 254 Å². The van der Waals surface area contributed by atoms with E-state index >= 15 is 0 Å². The van der Waals surface area contributed by atoms with Crippen LogP contribution in [0.5, 0.6) is 0 Å². The van der Waals surface area contributed by atoms with Crippen LogP contribution in [0.4, 0.5) is 0 Å². The average Bonchev–Trinajstić information content (AvgIpc) is 2.82. The van der Waals surface area contributed by atoms with Crippen LogP contribution in [-0.4, -0.2) is 13.1 Å². The van der Waals surface area contributed by atoms with Gasteiger partial charge in [-0.15, -0.1) is 13.1 Å². The second-order valence-electron chi connectivity index (χ2n) is 11.8. The number of rotatable bonds is 12. The number of hydrogen-bond acceptors (Lipinski definition) is 2. The maximum atomic E-state index is 6.79. The second kappa shape index (κ2) is 17.6. The Morgan fingerprint density at radius 1 is 0.605 bits per heavy atom. The van der Waals surface area contributed by atoms with Crippen molar-refractivity contribution in [1.29, 1.82) is 0 Å². The predicted octanol–water partition coefficient (Wildman–Crippen LogP) is 10.3. The third-order valence-corrected chi connectivity index (χ3v) is 7.20. The van der Waals surface area contributed by atoms with E-state index in [1.165, 1.54) is 44.5 Å². The van der Waals surface area contributed by atoms with Gasteiger partial charge in [-0.3, -0.25) is 0 Å². The standard InChI is InChI=1S/C32H52N3.2BrH.Co/c1-19(2)25-15-23(9)16-26(20(3)4)31(25)29(33)11-13-35-14-12-30(34)32-27(21(5)6)17-24(10)18-28(32)22(7)8;;;/h15-22,29-30H,11-14,33-34H2,1-10H3;2*1H;/q-1;;;+3/p-2. The number of nitrogens with two attached hydrogens (primary N) is 2. The van der Waals surface area contributed by atoms with Gasteiger partial charge in [0, 0.05) is 12.1 Å². The van der Waals surface area contributed by atoms with Gasteiger partial charge in [-0.2, -0.15) is 0 Å². The topological polar surface area (TPSA) is 66.1 Å². The van der Waals surface area contributed by atoms with E-state index in [0.29, 0.717) is 23.7 Å². The van der Waals surface area contributed by atoms with Crippen molar-refractivity contribution in [1.82, 2.24) is 0 Å². The Balaban J connectivity index is 0.00000229. The quantitative estimate of drug-likeness (QED) is 0.217. The first-order valence-electron chi connectivity index (χ1n) is 14.0. The second-order valence-corrected chi connectivity index (χ2v) is 17.1. The fourth-order valence-corrected chi connectivity index (χ4v) is 5.34. The molecule has 0 saturated carbocycles. The molecule has 38 heavy (non-hydrogen) atoms. The van der Waals surface area contributed by atoms with Crippen molar-refractivity contribution < 1.29 is 11.1 Å². The van der Waals surface area contributed by atoms with Gasteiger partial charge in [0.15, 0.2) is 0 Å². The fourth-order valence-electron chi connectivity index (χ4n) is 5.34. The van der Waals surface area contributed by atoms with Crippen LogP contribution < -0.4 is 11.5 Å². The Bertz CT molecular complexity index is 853. The van der Waals surface area contributed by atoms with Gasteiger partial charge < -0.3 is 16.8 Å². The van der Waals surface area contributed by atoms with E-state index in [9.17, 15) is 0 Å². The summed E-state index contributed by atoms with van der Waals surface area (Å²) < 4.78 is 0. The van der Waals surface area contributed by atoms with Crippen molar-refractivity contribution in [2.75, 3.05) is 13.1 Å². The summed E-state index contributed by atoms with van der Waals surface area (Å²) in [6.45, 7) is 24.1. The molecule has 6 heteroatoms. The van der Waals surface area contributed by atoms with Gasteiger partial charge in [-0.05, 0) is 70.9 Å². The fraction of sp³-hybridized carbons (Fsp3) is 0.625. The SMILES string of the molecule is Cc1cc(C(C)C)c(C(N)CC[N-]CCC(N)c2c(C(C)C)cc(C)cc2C(C)C)c(C(C)C)c1.[Br][Co+][Br]. The van der Waals surface area contributed by atoms with Gasteiger partial charge in [-0.25, -0.2) is 0 Å². The van der Waals surface area contributed by atoms with E-state index in [0.717, 1.165) is 37.0 Å². The van der Waals surface area contributed by atoms with Crippen LogP contribution in [0.3, 0.4) is 0 Å². The molecule has 3 nitrogen and oxygen atoms in total. The molecule has 0 aliphatic heterocycles. The summed E-state index contributed by atoms with van der Waals surface area (Å²) in [7, 11) is 0. The molecule has 0 radical (unpaired) electrons. The predicted molar refractivity (Wildman–Crippen MR) is 173 cm³/mol. The summed E-state index contributed by atoms with van der Waals surface area (Å²) in [6.07, 6.45) is 1.74. The zero-order valence-electron chi connectivity index (χ0n) is 25.3. The Morgan fingerprint density at radius 2 is 0.842 bits per heavy atom. The number of halogens is 2. The molecule has 0 saturated heterocycles. The molecule has 218 valence electrons. The molecule has 0 heterocycles. The normalized spacial score (nSPS) is 13.4. The monoisotopic (exact) mass is 695 g/mol. The van der Waals surface area contributed by atoms with Crippen molar-refractivity contribution >= 4 is 28.3 Å². The number of hydrogen-bond donors (Lipinski definition) is 2. The number of nitrogens with zero attached hydrogens (tertiary/aromatic N) is 1. The van der Waals surface area contributed by atoms with Crippen LogP contribution in [0.1, 0.15) is 148 Å². The van der Waals surface area contributed by atoms with Crippen LogP contribution in [-0.2, 0) is 11.1 Å². The molecule has 2 rings (SSSR count). The Morgan fingerprint density at radius 3 is 1.05 bits per heavy atom. The van der Waals surface area contributed by atoms with Crippen molar-refractivity contribution in [2.45, 2.75) is 118 Å². The molecule has 0 fully saturated rings. The van der Waals surface area contributed by atoms with E-state index in [1.54, 1.807) is 0 Å². The van der Waals surface area contributed by atoms with Crippen LogP contribution in [0, 0.1) is 13.8 Å². The zero-order chi connectivity index (χ0) is 29.2. The summed E-state index contributed by atoms with van der Waals surface area (Å²) >= 11 is 7.12. The third kappa shape index (κ3) is 10.6. The first kappa shape index (κ1) is 35.8. The van der Waals surface area contributed by atoms with Crippen molar-refractivity contribution in [2.24, 2.45) is 11.5 Å². The van der Waals surface area contributed by atoms with Gasteiger partial charge in [0.1, 0.15) is 0 Å². The van der Waals surface area contributed by atoms with Gasteiger partial charge in [0.05, 0.1) is 0 Å². The third-order valence-electron chi connectivity index (χ3n) is 7.20. The van der Waals surface area contributed by atoms with Crippen LogP contribution in [0.2, 0.25) is 0 Å². The van der Waals surface area contributed by atoms with E-state index < -0.39 is 0 Å². The van der Waals surface area contributed by atoms with Crippen molar-refractivity contribution in [3.05, 3.63) is 74.1 Å². The Hall–Kier alpha value is -0.214. The minimum absolute atomic E-state index is 0.0139. The summed E-state index contributed by atoms with van der Waals surface area (Å²) in [4.78, 5) is 0. The Kier molecular flexibility index (Phi) is 16.6. The van der Waals surface area contributed by atoms with E-state index in [2.05, 4.69) is 122 Å². The average molecular weight is 698 g/mol.